The van der Waals surface area contributed by atoms with Crippen LogP contribution in [0.3, 0.4) is 0 Å². The Balaban J connectivity index is 2.12. The minimum Gasteiger partial charge on any atom is -0.383 e. The van der Waals surface area contributed by atoms with Crippen molar-refractivity contribution in [3.8, 4) is 0 Å². The second kappa shape index (κ2) is 8.09. The molecule has 2 amide bonds. The quantitative estimate of drug-likeness (QED) is 0.721. The molecule has 1 N–H and O–H groups in total. The van der Waals surface area contributed by atoms with Crippen LogP contribution in [-0.2, 0) is 24.2 Å². The van der Waals surface area contributed by atoms with Crippen molar-refractivity contribution < 1.29 is 22.7 Å². The zero-order valence-electron chi connectivity index (χ0n) is 13.2. The second-order valence-corrected chi connectivity index (χ2v) is 8.57. The van der Waals surface area contributed by atoms with E-state index < -0.39 is 27.7 Å². The molecule has 0 spiro atoms. The molecular formula is C15H19BrN2O5S. The zero-order valence-corrected chi connectivity index (χ0v) is 15.6. The van der Waals surface area contributed by atoms with Crippen molar-refractivity contribution in [2.75, 3.05) is 37.1 Å². The summed E-state index contributed by atoms with van der Waals surface area (Å²) in [5.41, 5.74) is 0.474. The number of ether oxygens (including phenoxy) is 1. The predicted molar refractivity (Wildman–Crippen MR) is 93.4 cm³/mol. The maximum atomic E-state index is 12.5. The minimum absolute atomic E-state index is 0.0281. The van der Waals surface area contributed by atoms with Gasteiger partial charge in [-0.25, -0.2) is 8.42 Å². The first-order valence-corrected chi connectivity index (χ1v) is 10.0. The summed E-state index contributed by atoms with van der Waals surface area (Å²) in [6, 6.07) is 6.43. The lowest BCUT2D eigenvalue weighted by Crippen LogP contribution is -2.48. The Morgan fingerprint density at radius 1 is 1.38 bits per heavy atom. The Bertz CT molecular complexity index is 722. The summed E-state index contributed by atoms with van der Waals surface area (Å²) in [5, 5.41) is 2.54. The lowest BCUT2D eigenvalue weighted by Gasteiger charge is -2.27. The molecule has 1 aromatic carbocycles. The third-order valence-electron chi connectivity index (χ3n) is 3.76. The fourth-order valence-corrected chi connectivity index (χ4v) is 4.64. The van der Waals surface area contributed by atoms with Gasteiger partial charge in [-0.05, 0) is 34.5 Å². The van der Waals surface area contributed by atoms with E-state index in [-0.39, 0.29) is 24.7 Å². The van der Waals surface area contributed by atoms with Crippen LogP contribution < -0.4 is 5.32 Å². The number of benzene rings is 1. The van der Waals surface area contributed by atoms with Crippen LogP contribution in [-0.4, -0.2) is 62.9 Å². The number of sulfone groups is 1. The smallest absolute Gasteiger partial charge is 0.313 e. The molecular weight excluding hydrogens is 400 g/mol. The number of nitrogens with zero attached hydrogens (tertiary/aromatic N) is 1. The Morgan fingerprint density at radius 3 is 2.67 bits per heavy atom. The maximum absolute atomic E-state index is 12.5. The average Bonchev–Trinajstić information content (AvgIpc) is 2.89. The van der Waals surface area contributed by atoms with Crippen molar-refractivity contribution in [3.05, 3.63) is 28.7 Å². The Kier molecular flexibility index (Phi) is 6.36. The number of methoxy groups -OCH3 is 1. The van der Waals surface area contributed by atoms with Crippen LogP contribution in [0.2, 0.25) is 0 Å². The van der Waals surface area contributed by atoms with Crippen molar-refractivity contribution >= 4 is 43.3 Å². The normalized spacial score (nSPS) is 19.0. The fourth-order valence-electron chi connectivity index (χ4n) is 2.53. The third-order valence-corrected chi connectivity index (χ3v) is 6.20. The van der Waals surface area contributed by atoms with E-state index in [1.54, 1.807) is 24.3 Å². The van der Waals surface area contributed by atoms with E-state index in [4.69, 9.17) is 4.74 Å². The number of amides is 2. The van der Waals surface area contributed by atoms with Crippen molar-refractivity contribution in [1.29, 1.82) is 0 Å². The number of hydrogen-bond acceptors (Lipinski definition) is 5. The maximum Gasteiger partial charge on any atom is 0.313 e. The molecule has 7 nitrogen and oxygen atoms in total. The molecule has 1 unspecified atom stereocenters. The predicted octanol–water partition coefficient (Wildman–Crippen LogP) is 1.05. The number of hydrogen-bond donors (Lipinski definition) is 1. The first kappa shape index (κ1) is 18.9. The van der Waals surface area contributed by atoms with Gasteiger partial charge < -0.3 is 15.0 Å². The van der Waals surface area contributed by atoms with E-state index in [0.29, 0.717) is 16.6 Å². The Hall–Kier alpha value is -1.45. The highest BCUT2D eigenvalue weighted by Gasteiger charge is 2.36. The van der Waals surface area contributed by atoms with Crippen molar-refractivity contribution in [2.24, 2.45) is 0 Å². The van der Waals surface area contributed by atoms with E-state index >= 15 is 0 Å². The summed E-state index contributed by atoms with van der Waals surface area (Å²) in [4.78, 5) is 26.1. The van der Waals surface area contributed by atoms with E-state index in [1.165, 1.54) is 12.0 Å². The van der Waals surface area contributed by atoms with Crippen LogP contribution in [0, 0.1) is 0 Å². The largest absolute Gasteiger partial charge is 0.383 e. The van der Waals surface area contributed by atoms with Crippen molar-refractivity contribution in [2.45, 2.75) is 12.5 Å². The average molecular weight is 419 g/mol. The monoisotopic (exact) mass is 418 g/mol. The van der Waals surface area contributed by atoms with Crippen molar-refractivity contribution in [1.82, 2.24) is 4.90 Å². The standard InChI is InChI=1S/C15H19BrN2O5S/c1-23-8-7-18(11-6-9-24(21,22)10-11)15(20)14(19)17-13-5-3-2-4-12(13)16/h2-5,11H,6-10H2,1H3,(H,17,19). The van der Waals surface area contributed by atoms with Gasteiger partial charge in [0.05, 0.1) is 23.8 Å². The van der Waals surface area contributed by atoms with Gasteiger partial charge in [0.25, 0.3) is 0 Å². The molecule has 1 fully saturated rings. The van der Waals surface area contributed by atoms with Crippen LogP contribution >= 0.6 is 15.9 Å². The summed E-state index contributed by atoms with van der Waals surface area (Å²) < 4.78 is 29.0. The molecule has 1 aliphatic rings. The molecule has 9 heteroatoms. The lowest BCUT2D eigenvalue weighted by atomic mass is 10.2. The molecule has 0 aliphatic carbocycles. The van der Waals surface area contributed by atoms with Gasteiger partial charge in [-0.2, -0.15) is 0 Å². The summed E-state index contributed by atoms with van der Waals surface area (Å²) >= 11 is 3.30. The molecule has 24 heavy (non-hydrogen) atoms. The summed E-state index contributed by atoms with van der Waals surface area (Å²) in [6.07, 6.45) is 0.333. The number of nitrogens with one attached hydrogen (secondary N) is 1. The van der Waals surface area contributed by atoms with E-state index in [2.05, 4.69) is 21.2 Å². The van der Waals surface area contributed by atoms with Gasteiger partial charge in [0.1, 0.15) is 0 Å². The van der Waals surface area contributed by atoms with Gasteiger partial charge in [0.15, 0.2) is 9.84 Å². The van der Waals surface area contributed by atoms with Gasteiger partial charge in [0, 0.05) is 24.2 Å². The number of anilines is 1. The number of rotatable bonds is 5. The minimum atomic E-state index is -3.16. The van der Waals surface area contributed by atoms with Gasteiger partial charge in [-0.1, -0.05) is 12.1 Å². The summed E-state index contributed by atoms with van der Waals surface area (Å²) in [5.74, 6) is -1.65. The second-order valence-electron chi connectivity index (χ2n) is 5.48. The summed E-state index contributed by atoms with van der Waals surface area (Å²) in [7, 11) is -1.68. The molecule has 1 aromatic rings. The molecule has 1 aliphatic heterocycles. The van der Waals surface area contributed by atoms with Gasteiger partial charge >= 0.3 is 11.8 Å². The fraction of sp³-hybridized carbons (Fsp3) is 0.467. The van der Waals surface area contributed by atoms with E-state index in [0.717, 1.165) is 0 Å². The third kappa shape index (κ3) is 4.78. The number of carbonyl (C=O) groups is 2. The summed E-state index contributed by atoms with van der Waals surface area (Å²) in [6.45, 7) is 0.392. The highest BCUT2D eigenvalue weighted by atomic mass is 79.9. The molecule has 0 bridgehead atoms. The van der Waals surface area contributed by atoms with Gasteiger partial charge in [0.2, 0.25) is 0 Å². The molecule has 2 rings (SSSR count). The highest BCUT2D eigenvalue weighted by molar-refractivity contribution is 9.10. The molecule has 1 atom stereocenters. The van der Waals surface area contributed by atoms with Crippen LogP contribution in [0.1, 0.15) is 6.42 Å². The number of para-hydroxylation sites is 1. The first-order valence-electron chi connectivity index (χ1n) is 7.40. The van der Waals surface area contributed by atoms with Crippen LogP contribution in [0.5, 0.6) is 0 Å². The lowest BCUT2D eigenvalue weighted by molar-refractivity contribution is -0.144. The highest BCUT2D eigenvalue weighted by Crippen LogP contribution is 2.22. The van der Waals surface area contributed by atoms with Crippen LogP contribution in [0.15, 0.2) is 28.7 Å². The number of carbonyl (C=O) groups excluding carboxylic acids is 2. The van der Waals surface area contributed by atoms with E-state index in [9.17, 15) is 18.0 Å². The number of halogens is 1. The zero-order chi connectivity index (χ0) is 17.7. The molecule has 1 heterocycles. The molecule has 0 aromatic heterocycles. The molecule has 132 valence electrons. The van der Waals surface area contributed by atoms with E-state index in [1.807, 2.05) is 0 Å². The first-order chi connectivity index (χ1) is 11.3. The van der Waals surface area contributed by atoms with Crippen molar-refractivity contribution in [3.63, 3.8) is 0 Å². The van der Waals surface area contributed by atoms with Crippen LogP contribution in [0.25, 0.3) is 0 Å². The molecule has 0 saturated carbocycles. The molecule has 0 radical (unpaired) electrons. The van der Waals surface area contributed by atoms with Gasteiger partial charge in [-0.3, -0.25) is 9.59 Å². The topological polar surface area (TPSA) is 92.8 Å². The Morgan fingerprint density at radius 2 is 2.08 bits per heavy atom. The Labute approximate surface area is 149 Å². The molecule has 1 saturated heterocycles. The van der Waals surface area contributed by atoms with Crippen LogP contribution in [0.4, 0.5) is 5.69 Å². The van der Waals surface area contributed by atoms with Gasteiger partial charge in [-0.15, -0.1) is 0 Å². The SMILES string of the molecule is COCCN(C(=O)C(=O)Nc1ccccc1Br)C1CCS(=O)(=O)C1.